The van der Waals surface area contributed by atoms with Crippen molar-refractivity contribution in [2.45, 2.75) is 63.3 Å². The SMILES string of the molecule is C=C1[C@@H](OC(C)=O)CC[C@]2(C)CC[C@@H](C(O)(CO)CO)C[C@@]12O. The third kappa shape index (κ3) is 2.93. The molecular weight excluding hydrogens is 300 g/mol. The summed E-state index contributed by atoms with van der Waals surface area (Å²) >= 11 is 0. The molecule has 0 radical (unpaired) electrons. The van der Waals surface area contributed by atoms with Crippen molar-refractivity contribution in [2.24, 2.45) is 11.3 Å². The molecule has 6 nitrogen and oxygen atoms in total. The molecule has 2 saturated carbocycles. The van der Waals surface area contributed by atoms with Gasteiger partial charge in [0.1, 0.15) is 11.7 Å². The van der Waals surface area contributed by atoms with Crippen LogP contribution in [0.3, 0.4) is 0 Å². The van der Waals surface area contributed by atoms with Crippen LogP contribution in [-0.2, 0) is 9.53 Å². The summed E-state index contributed by atoms with van der Waals surface area (Å²) in [5.74, 6) is -0.874. The monoisotopic (exact) mass is 328 g/mol. The van der Waals surface area contributed by atoms with Crippen LogP contribution in [0, 0.1) is 11.3 Å². The van der Waals surface area contributed by atoms with Crippen molar-refractivity contribution in [1.82, 2.24) is 0 Å². The molecule has 23 heavy (non-hydrogen) atoms. The molecule has 0 heterocycles. The average molecular weight is 328 g/mol. The molecule has 4 N–H and O–H groups in total. The molecule has 2 aliphatic carbocycles. The normalized spacial score (nSPS) is 38.1. The quantitative estimate of drug-likeness (QED) is 0.443. The molecule has 2 rings (SSSR count). The molecule has 132 valence electrons. The number of carbonyl (C=O) groups is 1. The third-order valence-corrected chi connectivity index (χ3v) is 6.08. The second kappa shape index (κ2) is 6.16. The lowest BCUT2D eigenvalue weighted by Gasteiger charge is -2.57. The van der Waals surface area contributed by atoms with Crippen LogP contribution in [0.5, 0.6) is 0 Å². The first-order chi connectivity index (χ1) is 10.6. The third-order valence-electron chi connectivity index (χ3n) is 6.08. The summed E-state index contributed by atoms with van der Waals surface area (Å²) < 4.78 is 5.28. The van der Waals surface area contributed by atoms with Crippen LogP contribution in [0.4, 0.5) is 0 Å². The molecule has 2 fully saturated rings. The van der Waals surface area contributed by atoms with E-state index in [-0.39, 0.29) is 6.42 Å². The van der Waals surface area contributed by atoms with Gasteiger partial charge in [-0.1, -0.05) is 13.5 Å². The van der Waals surface area contributed by atoms with Crippen LogP contribution in [0.1, 0.15) is 46.0 Å². The average Bonchev–Trinajstić information content (AvgIpc) is 2.51. The number of ether oxygens (including phenoxy) is 1. The zero-order valence-corrected chi connectivity index (χ0v) is 13.9. The summed E-state index contributed by atoms with van der Waals surface area (Å²) in [5.41, 5.74) is -2.90. The maximum atomic E-state index is 11.4. The Balaban J connectivity index is 2.29. The van der Waals surface area contributed by atoms with E-state index in [4.69, 9.17) is 4.74 Å². The van der Waals surface area contributed by atoms with E-state index >= 15 is 0 Å². The largest absolute Gasteiger partial charge is 0.458 e. The predicted molar refractivity (Wildman–Crippen MR) is 83.4 cm³/mol. The Morgan fingerprint density at radius 1 is 1.35 bits per heavy atom. The molecule has 0 aromatic rings. The van der Waals surface area contributed by atoms with Gasteiger partial charge in [-0.3, -0.25) is 4.79 Å². The van der Waals surface area contributed by atoms with Crippen molar-refractivity contribution in [1.29, 1.82) is 0 Å². The molecule has 0 bridgehead atoms. The molecule has 0 spiro atoms. The van der Waals surface area contributed by atoms with Crippen molar-refractivity contribution in [2.75, 3.05) is 13.2 Å². The zero-order valence-electron chi connectivity index (χ0n) is 13.9. The molecule has 4 atom stereocenters. The van der Waals surface area contributed by atoms with E-state index in [2.05, 4.69) is 6.58 Å². The molecular formula is C17H28O6. The van der Waals surface area contributed by atoms with Crippen LogP contribution >= 0.6 is 0 Å². The first kappa shape index (κ1) is 18.4. The van der Waals surface area contributed by atoms with Gasteiger partial charge in [0.15, 0.2) is 0 Å². The van der Waals surface area contributed by atoms with Crippen LogP contribution in [0.15, 0.2) is 12.2 Å². The van der Waals surface area contributed by atoms with E-state index in [9.17, 15) is 25.2 Å². The molecule has 6 heteroatoms. The number of aliphatic hydroxyl groups excluding tert-OH is 2. The van der Waals surface area contributed by atoms with E-state index < -0.39 is 47.8 Å². The molecule has 0 aromatic carbocycles. The highest BCUT2D eigenvalue weighted by Crippen LogP contribution is 2.57. The number of fused-ring (bicyclic) bond motifs is 1. The van der Waals surface area contributed by atoms with Gasteiger partial charge in [-0.15, -0.1) is 0 Å². The molecule has 0 aromatic heterocycles. The van der Waals surface area contributed by atoms with Crippen molar-refractivity contribution in [3.8, 4) is 0 Å². The minimum absolute atomic E-state index is 0.178. The van der Waals surface area contributed by atoms with Gasteiger partial charge in [0, 0.05) is 12.3 Å². The van der Waals surface area contributed by atoms with E-state index in [1.165, 1.54) is 6.92 Å². The Hall–Kier alpha value is -0.950. The molecule has 0 unspecified atom stereocenters. The van der Waals surface area contributed by atoms with Crippen molar-refractivity contribution in [3.63, 3.8) is 0 Å². The molecule has 0 amide bonds. The Morgan fingerprint density at radius 2 is 1.91 bits per heavy atom. The van der Waals surface area contributed by atoms with E-state index in [1.54, 1.807) is 0 Å². The standard InChI is InChI=1S/C17H28O6/c1-11-14(23-12(2)20)5-7-15(3)6-4-13(8-17(11,15)22)16(21,9-18)10-19/h13-14,18-19,21-22H,1,4-10H2,2-3H3/t13-,14+,15+,17-/m1/s1. The highest BCUT2D eigenvalue weighted by atomic mass is 16.5. The summed E-state index contributed by atoms with van der Waals surface area (Å²) in [6.45, 7) is 6.15. The number of hydrogen-bond acceptors (Lipinski definition) is 6. The van der Waals surface area contributed by atoms with Crippen LogP contribution in [0.2, 0.25) is 0 Å². The Labute approximate surface area is 136 Å². The van der Waals surface area contributed by atoms with Crippen LogP contribution < -0.4 is 0 Å². The minimum Gasteiger partial charge on any atom is -0.458 e. The van der Waals surface area contributed by atoms with Gasteiger partial charge in [-0.2, -0.15) is 0 Å². The van der Waals surface area contributed by atoms with Gasteiger partial charge >= 0.3 is 5.97 Å². The molecule has 0 aliphatic heterocycles. The fraction of sp³-hybridized carbons (Fsp3) is 0.824. The maximum absolute atomic E-state index is 11.4. The van der Waals surface area contributed by atoms with E-state index in [0.29, 0.717) is 31.3 Å². The zero-order chi connectivity index (χ0) is 17.5. The Morgan fingerprint density at radius 3 is 2.43 bits per heavy atom. The fourth-order valence-electron chi connectivity index (χ4n) is 4.24. The lowest BCUT2D eigenvalue weighted by atomic mass is 9.52. The van der Waals surface area contributed by atoms with Crippen LogP contribution in [0.25, 0.3) is 0 Å². The number of esters is 1. The summed E-state index contributed by atoms with van der Waals surface area (Å²) in [5, 5.41) is 40.6. The lowest BCUT2D eigenvalue weighted by Crippen LogP contribution is -2.61. The predicted octanol–water partition coefficient (Wildman–Crippen LogP) is 0.521. The highest BCUT2D eigenvalue weighted by Gasteiger charge is 2.59. The first-order valence-electron chi connectivity index (χ1n) is 8.15. The summed E-state index contributed by atoms with van der Waals surface area (Å²) in [6.07, 6.45) is 2.18. The van der Waals surface area contributed by atoms with Crippen LogP contribution in [-0.4, -0.2) is 56.9 Å². The van der Waals surface area contributed by atoms with Crippen molar-refractivity contribution >= 4 is 5.97 Å². The number of carbonyl (C=O) groups excluding carboxylic acids is 1. The first-order valence-corrected chi connectivity index (χ1v) is 8.15. The van der Waals surface area contributed by atoms with E-state index in [1.807, 2.05) is 6.92 Å². The minimum atomic E-state index is -1.63. The summed E-state index contributed by atoms with van der Waals surface area (Å²) in [7, 11) is 0. The van der Waals surface area contributed by atoms with Crippen molar-refractivity contribution in [3.05, 3.63) is 12.2 Å². The second-order valence-corrected chi connectivity index (χ2v) is 7.44. The summed E-state index contributed by atoms with van der Waals surface area (Å²) in [4.78, 5) is 11.3. The number of aliphatic hydroxyl groups is 4. The van der Waals surface area contributed by atoms with E-state index in [0.717, 1.165) is 0 Å². The van der Waals surface area contributed by atoms with Gasteiger partial charge in [0.25, 0.3) is 0 Å². The highest BCUT2D eigenvalue weighted by molar-refractivity contribution is 5.66. The smallest absolute Gasteiger partial charge is 0.303 e. The fourth-order valence-corrected chi connectivity index (χ4v) is 4.24. The van der Waals surface area contributed by atoms with Gasteiger partial charge in [0.2, 0.25) is 0 Å². The van der Waals surface area contributed by atoms with Gasteiger partial charge in [-0.25, -0.2) is 0 Å². The van der Waals surface area contributed by atoms with Gasteiger partial charge in [0.05, 0.1) is 18.8 Å². The number of hydrogen-bond donors (Lipinski definition) is 4. The summed E-state index contributed by atoms with van der Waals surface area (Å²) in [6, 6.07) is 0. The van der Waals surface area contributed by atoms with Gasteiger partial charge < -0.3 is 25.2 Å². The Kier molecular flexibility index (Phi) is 4.93. The van der Waals surface area contributed by atoms with Gasteiger partial charge in [-0.05, 0) is 43.6 Å². The molecule has 2 aliphatic rings. The second-order valence-electron chi connectivity index (χ2n) is 7.44. The molecule has 0 saturated heterocycles. The lowest BCUT2D eigenvalue weighted by molar-refractivity contribution is -0.182. The topological polar surface area (TPSA) is 107 Å². The number of rotatable bonds is 4. The maximum Gasteiger partial charge on any atom is 0.303 e. The van der Waals surface area contributed by atoms with Crippen molar-refractivity contribution < 1.29 is 30.0 Å². The Bertz CT molecular complexity index is 485.